The Morgan fingerprint density at radius 1 is 0.967 bits per heavy atom. The fourth-order valence-electron chi connectivity index (χ4n) is 3.93. The number of nitrogens with zero attached hydrogens (tertiary/aromatic N) is 1. The topological polar surface area (TPSA) is 143 Å². The molecule has 1 saturated carbocycles. The van der Waals surface area contributed by atoms with Crippen molar-refractivity contribution in [3.05, 3.63) is 0 Å². The monoisotopic (exact) mass is 471 g/mol. The predicted molar refractivity (Wildman–Crippen MR) is 104 cm³/mol. The van der Waals surface area contributed by atoms with Crippen LogP contribution in [0, 0.1) is 5.92 Å². The maximum Gasteiger partial charge on any atom is 0.411 e. The number of carbonyl (C=O) groups excluding carboxylic acids is 2. The molecule has 0 radical (unpaired) electrons. The zero-order valence-corrected chi connectivity index (χ0v) is 19.5. The van der Waals surface area contributed by atoms with Gasteiger partial charge in [-0.15, -0.1) is 0 Å². The summed E-state index contributed by atoms with van der Waals surface area (Å²) < 4.78 is 68.2. The van der Waals surface area contributed by atoms with Gasteiger partial charge in [-0.3, -0.25) is 13.3 Å². The summed E-state index contributed by atoms with van der Waals surface area (Å²) in [7, 11) is -8.06. The third-order valence-electron chi connectivity index (χ3n) is 4.69. The molecule has 3 rings (SSSR count). The molecule has 2 unspecified atom stereocenters. The van der Waals surface area contributed by atoms with Gasteiger partial charge in [-0.1, -0.05) is 0 Å². The fraction of sp³-hybridized carbons (Fsp3) is 0.882. The van der Waals surface area contributed by atoms with Crippen molar-refractivity contribution in [1.29, 1.82) is 0 Å². The van der Waals surface area contributed by atoms with E-state index in [0.717, 1.165) is 17.4 Å². The van der Waals surface area contributed by atoms with Crippen LogP contribution in [-0.4, -0.2) is 82.8 Å². The molecule has 1 amide bonds. The van der Waals surface area contributed by atoms with Gasteiger partial charge in [0, 0.05) is 5.92 Å². The molecule has 3 fully saturated rings. The minimum atomic E-state index is -4.04. The number of rotatable bonds is 6. The Labute approximate surface area is 177 Å². The molecule has 5 atom stereocenters. The van der Waals surface area contributed by atoms with Gasteiger partial charge in [-0.2, -0.15) is 16.8 Å². The lowest BCUT2D eigenvalue weighted by atomic mass is 9.71. The standard InChI is InChI=1S/C17H29NO10S2/c1-7-25-15(19)12-10-8-9-11(18(12)16(20)26-17(2,3)4)14(28-30(6,23)24)13(10)27-29(5,21)22/h10-14H,7-9H2,1-6H3/t10?,11?,12-,13-,14+/m0/s1. The smallest absolute Gasteiger partial charge is 0.411 e. The van der Waals surface area contributed by atoms with E-state index in [-0.39, 0.29) is 13.0 Å². The van der Waals surface area contributed by atoms with Gasteiger partial charge in [0.05, 0.1) is 25.2 Å². The first-order valence-corrected chi connectivity index (χ1v) is 13.1. The molecular weight excluding hydrogens is 442 g/mol. The van der Waals surface area contributed by atoms with E-state index in [0.29, 0.717) is 6.42 Å². The van der Waals surface area contributed by atoms with Crippen molar-refractivity contribution in [1.82, 2.24) is 4.90 Å². The highest BCUT2D eigenvalue weighted by molar-refractivity contribution is 7.86. The van der Waals surface area contributed by atoms with Crippen LogP contribution >= 0.6 is 0 Å². The van der Waals surface area contributed by atoms with Crippen LogP contribution in [0.25, 0.3) is 0 Å². The van der Waals surface area contributed by atoms with Gasteiger partial charge in [0.15, 0.2) is 0 Å². The van der Waals surface area contributed by atoms with Crippen LogP contribution in [0.3, 0.4) is 0 Å². The molecule has 30 heavy (non-hydrogen) atoms. The van der Waals surface area contributed by atoms with E-state index in [1.165, 1.54) is 0 Å². The minimum absolute atomic E-state index is 0.0374. The molecule has 13 heteroatoms. The second kappa shape index (κ2) is 8.60. The lowest BCUT2D eigenvalue weighted by Crippen LogP contribution is -2.72. The molecular formula is C17H29NO10S2. The lowest BCUT2D eigenvalue weighted by Gasteiger charge is -2.55. The molecule has 0 spiro atoms. The Morgan fingerprint density at radius 2 is 1.50 bits per heavy atom. The van der Waals surface area contributed by atoms with E-state index in [1.807, 2.05) is 0 Å². The first kappa shape index (κ1) is 24.8. The summed E-state index contributed by atoms with van der Waals surface area (Å²) in [6.07, 6.45) is -1.27. The Morgan fingerprint density at radius 3 is 1.97 bits per heavy atom. The maximum atomic E-state index is 13.0. The van der Waals surface area contributed by atoms with Gasteiger partial charge < -0.3 is 9.47 Å². The maximum absolute atomic E-state index is 13.0. The number of piperidine rings is 2. The number of hydrogen-bond acceptors (Lipinski definition) is 10. The number of esters is 1. The molecule has 174 valence electrons. The van der Waals surface area contributed by atoms with E-state index in [9.17, 15) is 26.4 Å². The first-order valence-electron chi connectivity index (χ1n) is 9.48. The van der Waals surface area contributed by atoms with E-state index in [4.69, 9.17) is 17.8 Å². The Kier molecular flexibility index (Phi) is 7.11. The van der Waals surface area contributed by atoms with Crippen molar-refractivity contribution >= 4 is 32.3 Å². The number of carbonyl (C=O) groups is 2. The van der Waals surface area contributed by atoms with Crippen LogP contribution in [0.15, 0.2) is 0 Å². The molecule has 2 aliphatic heterocycles. The molecule has 0 aromatic heterocycles. The quantitative estimate of drug-likeness (QED) is 0.400. The molecule has 2 bridgehead atoms. The Hall–Kier alpha value is -1.44. The Balaban J connectivity index is 2.55. The van der Waals surface area contributed by atoms with Crippen LogP contribution in [0.2, 0.25) is 0 Å². The number of amides is 1. The van der Waals surface area contributed by atoms with Crippen LogP contribution in [0.4, 0.5) is 4.79 Å². The number of ether oxygens (including phenoxy) is 2. The summed E-state index contributed by atoms with van der Waals surface area (Å²) >= 11 is 0. The largest absolute Gasteiger partial charge is 0.464 e. The third-order valence-corrected chi connectivity index (χ3v) is 5.83. The molecule has 11 nitrogen and oxygen atoms in total. The van der Waals surface area contributed by atoms with Gasteiger partial charge in [-0.25, -0.2) is 9.59 Å². The van der Waals surface area contributed by atoms with Crippen molar-refractivity contribution in [3.63, 3.8) is 0 Å². The van der Waals surface area contributed by atoms with Crippen molar-refractivity contribution in [2.45, 2.75) is 70.4 Å². The van der Waals surface area contributed by atoms with Crippen molar-refractivity contribution < 1.29 is 44.3 Å². The van der Waals surface area contributed by atoms with Crippen LogP contribution < -0.4 is 0 Å². The van der Waals surface area contributed by atoms with E-state index in [2.05, 4.69) is 0 Å². The van der Waals surface area contributed by atoms with Crippen LogP contribution in [0.5, 0.6) is 0 Å². The third kappa shape index (κ3) is 6.05. The van der Waals surface area contributed by atoms with Crippen LogP contribution in [0.1, 0.15) is 40.5 Å². The highest BCUT2D eigenvalue weighted by atomic mass is 32.2. The normalized spacial score (nSPS) is 29.5. The lowest BCUT2D eigenvalue weighted by molar-refractivity contribution is -0.177. The Bertz CT molecular complexity index is 877. The van der Waals surface area contributed by atoms with Crippen molar-refractivity contribution in [2.24, 2.45) is 5.92 Å². The van der Waals surface area contributed by atoms with E-state index >= 15 is 0 Å². The van der Waals surface area contributed by atoms with Crippen LogP contribution in [-0.2, 0) is 42.9 Å². The fourth-order valence-corrected chi connectivity index (χ4v) is 5.23. The molecule has 2 saturated heterocycles. The average molecular weight is 472 g/mol. The summed E-state index contributed by atoms with van der Waals surface area (Å²) in [4.78, 5) is 26.8. The molecule has 0 N–H and O–H groups in total. The summed E-state index contributed by atoms with van der Waals surface area (Å²) in [6.45, 7) is 6.57. The van der Waals surface area contributed by atoms with Gasteiger partial charge in [0.1, 0.15) is 23.9 Å². The second-order valence-corrected chi connectivity index (χ2v) is 11.6. The molecule has 0 aromatic carbocycles. The zero-order chi connectivity index (χ0) is 23.1. The minimum Gasteiger partial charge on any atom is -0.464 e. The van der Waals surface area contributed by atoms with Gasteiger partial charge in [0.25, 0.3) is 20.2 Å². The van der Waals surface area contributed by atoms with Crippen molar-refractivity contribution in [3.8, 4) is 0 Å². The van der Waals surface area contributed by atoms with Gasteiger partial charge in [-0.05, 0) is 40.5 Å². The first-order chi connectivity index (χ1) is 13.5. The van der Waals surface area contributed by atoms with Crippen molar-refractivity contribution in [2.75, 3.05) is 19.1 Å². The van der Waals surface area contributed by atoms with E-state index < -0.39 is 68.1 Å². The molecule has 0 aromatic rings. The predicted octanol–water partition coefficient (Wildman–Crippen LogP) is 0.637. The summed E-state index contributed by atoms with van der Waals surface area (Å²) in [6, 6.07) is -2.18. The highest BCUT2D eigenvalue weighted by Crippen LogP contribution is 2.44. The highest BCUT2D eigenvalue weighted by Gasteiger charge is 2.61. The summed E-state index contributed by atoms with van der Waals surface area (Å²) in [5.41, 5.74) is -0.886. The zero-order valence-electron chi connectivity index (χ0n) is 17.9. The SMILES string of the molecule is CCOC(=O)[C@@H]1C2CCC([C@@H](OS(C)(=O)=O)[C@H]2OS(C)(=O)=O)N1C(=O)OC(C)(C)C. The van der Waals surface area contributed by atoms with E-state index in [1.54, 1.807) is 27.7 Å². The number of hydrogen-bond donors (Lipinski definition) is 0. The number of fused-ring (bicyclic) bond motifs is 3. The molecule has 1 aliphatic carbocycles. The molecule has 3 aliphatic rings. The average Bonchev–Trinajstić information content (AvgIpc) is 2.52. The second-order valence-electron chi connectivity index (χ2n) is 8.42. The molecule has 2 heterocycles. The summed E-state index contributed by atoms with van der Waals surface area (Å²) in [5, 5.41) is 0. The van der Waals surface area contributed by atoms with Gasteiger partial charge in [0.2, 0.25) is 0 Å². The van der Waals surface area contributed by atoms with Gasteiger partial charge >= 0.3 is 12.1 Å². The summed E-state index contributed by atoms with van der Waals surface area (Å²) in [5.74, 6) is -1.62.